The van der Waals surface area contributed by atoms with E-state index in [9.17, 15) is 9.59 Å². The van der Waals surface area contributed by atoms with Crippen LogP contribution >= 0.6 is 0 Å². The summed E-state index contributed by atoms with van der Waals surface area (Å²) >= 11 is 0. The lowest BCUT2D eigenvalue weighted by atomic mass is 10.1. The molecule has 1 amide bonds. The average Bonchev–Trinajstić information content (AvgIpc) is 3.51. The molecule has 0 radical (unpaired) electrons. The Morgan fingerprint density at radius 1 is 1.19 bits per heavy atom. The van der Waals surface area contributed by atoms with Crippen molar-refractivity contribution in [1.29, 1.82) is 0 Å². The van der Waals surface area contributed by atoms with Gasteiger partial charge in [0.15, 0.2) is 0 Å². The van der Waals surface area contributed by atoms with Crippen molar-refractivity contribution < 1.29 is 4.79 Å². The first-order valence-corrected chi connectivity index (χ1v) is 9.42. The fourth-order valence-corrected chi connectivity index (χ4v) is 3.50. The van der Waals surface area contributed by atoms with Crippen LogP contribution in [-0.2, 0) is 17.9 Å². The minimum absolute atomic E-state index is 0.0905. The Kier molecular flexibility index (Phi) is 4.75. The highest BCUT2D eigenvalue weighted by Gasteiger charge is 2.32. The predicted molar refractivity (Wildman–Crippen MR) is 105 cm³/mol. The number of hydrogen-bond acceptors (Lipinski definition) is 3. The summed E-state index contributed by atoms with van der Waals surface area (Å²) in [5, 5.41) is 4.86. The zero-order chi connectivity index (χ0) is 18.8. The fraction of sp³-hybridized carbons (Fsp3) is 0.318. The highest BCUT2D eigenvalue weighted by Crippen LogP contribution is 2.29. The molecule has 1 fully saturated rings. The van der Waals surface area contributed by atoms with Gasteiger partial charge in [0, 0.05) is 24.4 Å². The monoisotopic (exact) mass is 361 g/mol. The van der Waals surface area contributed by atoms with Crippen LogP contribution in [0.15, 0.2) is 59.5 Å². The van der Waals surface area contributed by atoms with Crippen LogP contribution in [-0.4, -0.2) is 26.6 Å². The number of carbonyl (C=O) groups excluding carboxylic acids is 1. The number of amides is 1. The Labute approximate surface area is 158 Å². The first-order valence-electron chi connectivity index (χ1n) is 9.42. The summed E-state index contributed by atoms with van der Waals surface area (Å²) < 4.78 is 1.76. The molecule has 4 rings (SSSR count). The number of nitrogens with zero attached hydrogens (tertiary/aromatic N) is 3. The van der Waals surface area contributed by atoms with Gasteiger partial charge in [-0.15, -0.1) is 0 Å². The van der Waals surface area contributed by atoms with E-state index >= 15 is 0 Å². The van der Waals surface area contributed by atoms with Gasteiger partial charge in [0.05, 0.1) is 18.3 Å². The van der Waals surface area contributed by atoms with Gasteiger partial charge in [-0.3, -0.25) is 14.3 Å². The van der Waals surface area contributed by atoms with Crippen molar-refractivity contribution in [3.8, 4) is 0 Å². The topological polar surface area (TPSA) is 55.2 Å². The number of aryl methyl sites for hydroxylation is 2. The standard InChI is InChI=1S/C22H23N3O2/c1-16-5-4-6-17(13-16)15-24(18-9-10-18)22(27)11-12-25-20-8-3-2-7-19(20)21(26)14-23-25/h2-8,13-14,18H,9-12,15H2,1H3. The SMILES string of the molecule is Cc1cccc(CN(C(=O)CCn2ncc(=O)c3ccccc32)C2CC2)c1. The summed E-state index contributed by atoms with van der Waals surface area (Å²) in [7, 11) is 0. The van der Waals surface area contributed by atoms with Crippen LogP contribution in [0.1, 0.15) is 30.4 Å². The summed E-state index contributed by atoms with van der Waals surface area (Å²) in [4.78, 5) is 26.9. The number of carbonyl (C=O) groups is 1. The molecule has 0 saturated heterocycles. The number of benzene rings is 2. The van der Waals surface area contributed by atoms with Crippen molar-refractivity contribution in [2.24, 2.45) is 0 Å². The van der Waals surface area contributed by atoms with Gasteiger partial charge < -0.3 is 4.90 Å². The fourth-order valence-electron chi connectivity index (χ4n) is 3.50. The van der Waals surface area contributed by atoms with E-state index in [1.807, 2.05) is 29.2 Å². The quantitative estimate of drug-likeness (QED) is 0.677. The summed E-state index contributed by atoms with van der Waals surface area (Å²) in [5.74, 6) is 0.142. The molecule has 1 saturated carbocycles. The maximum Gasteiger partial charge on any atom is 0.224 e. The number of rotatable bonds is 6. The first-order chi connectivity index (χ1) is 13.1. The lowest BCUT2D eigenvalue weighted by Gasteiger charge is -2.23. The van der Waals surface area contributed by atoms with E-state index in [2.05, 4.69) is 30.2 Å². The van der Waals surface area contributed by atoms with E-state index in [1.54, 1.807) is 10.7 Å². The zero-order valence-corrected chi connectivity index (χ0v) is 15.5. The van der Waals surface area contributed by atoms with E-state index < -0.39 is 0 Å². The smallest absolute Gasteiger partial charge is 0.224 e. The molecule has 2 aromatic carbocycles. The summed E-state index contributed by atoms with van der Waals surface area (Å²) in [5.41, 5.74) is 3.06. The molecule has 0 spiro atoms. The number of aromatic nitrogens is 2. The molecule has 0 bridgehead atoms. The second kappa shape index (κ2) is 7.35. The van der Waals surface area contributed by atoms with Crippen LogP contribution in [0.2, 0.25) is 0 Å². The number of fused-ring (bicyclic) bond motifs is 1. The number of hydrogen-bond donors (Lipinski definition) is 0. The Hall–Kier alpha value is -2.95. The molecule has 5 heteroatoms. The normalized spacial score (nSPS) is 13.7. The molecule has 3 aromatic rings. The molecule has 1 aromatic heterocycles. The molecule has 1 aliphatic carbocycles. The van der Waals surface area contributed by atoms with Gasteiger partial charge in [-0.05, 0) is 37.5 Å². The summed E-state index contributed by atoms with van der Waals surface area (Å²) in [6, 6.07) is 16.1. The highest BCUT2D eigenvalue weighted by atomic mass is 16.2. The van der Waals surface area contributed by atoms with Crippen LogP contribution in [0.4, 0.5) is 0 Å². The molecule has 0 N–H and O–H groups in total. The van der Waals surface area contributed by atoms with Crippen LogP contribution in [0.25, 0.3) is 10.9 Å². The van der Waals surface area contributed by atoms with Crippen molar-refractivity contribution in [2.75, 3.05) is 0 Å². The molecular formula is C22H23N3O2. The van der Waals surface area contributed by atoms with Crippen LogP contribution in [0, 0.1) is 6.92 Å². The van der Waals surface area contributed by atoms with Crippen molar-refractivity contribution in [1.82, 2.24) is 14.7 Å². The largest absolute Gasteiger partial charge is 0.335 e. The first kappa shape index (κ1) is 17.5. The maximum absolute atomic E-state index is 12.9. The zero-order valence-electron chi connectivity index (χ0n) is 15.5. The third-order valence-corrected chi connectivity index (χ3v) is 5.04. The van der Waals surface area contributed by atoms with Crippen LogP contribution in [0.3, 0.4) is 0 Å². The van der Waals surface area contributed by atoms with E-state index in [4.69, 9.17) is 0 Å². The van der Waals surface area contributed by atoms with E-state index in [0.29, 0.717) is 30.9 Å². The summed E-state index contributed by atoms with van der Waals surface area (Å²) in [6.45, 7) is 3.19. The third-order valence-electron chi connectivity index (χ3n) is 5.04. The van der Waals surface area contributed by atoms with Crippen molar-refractivity contribution in [2.45, 2.75) is 45.3 Å². The molecule has 1 aliphatic rings. The van der Waals surface area contributed by atoms with E-state index in [0.717, 1.165) is 18.4 Å². The molecule has 1 heterocycles. The van der Waals surface area contributed by atoms with Gasteiger partial charge in [0.1, 0.15) is 0 Å². The average molecular weight is 361 g/mol. The van der Waals surface area contributed by atoms with Crippen molar-refractivity contribution in [3.05, 3.63) is 76.1 Å². The Bertz CT molecular complexity index is 1040. The van der Waals surface area contributed by atoms with E-state index in [1.165, 1.54) is 17.3 Å². The maximum atomic E-state index is 12.9. The Balaban J connectivity index is 1.49. The number of para-hydroxylation sites is 1. The highest BCUT2D eigenvalue weighted by molar-refractivity contribution is 5.79. The van der Waals surface area contributed by atoms with Gasteiger partial charge in [-0.2, -0.15) is 5.10 Å². The van der Waals surface area contributed by atoms with E-state index in [-0.39, 0.29) is 11.3 Å². The van der Waals surface area contributed by atoms with Gasteiger partial charge in [0.25, 0.3) is 0 Å². The molecule has 138 valence electrons. The second-order valence-electron chi connectivity index (χ2n) is 7.24. The van der Waals surface area contributed by atoms with Crippen LogP contribution in [0.5, 0.6) is 0 Å². The lowest BCUT2D eigenvalue weighted by Crippen LogP contribution is -2.33. The predicted octanol–water partition coefficient (Wildman–Crippen LogP) is 3.29. The van der Waals surface area contributed by atoms with Gasteiger partial charge in [0.2, 0.25) is 11.3 Å². The van der Waals surface area contributed by atoms with Crippen LogP contribution < -0.4 is 5.43 Å². The minimum atomic E-state index is -0.0905. The molecule has 5 nitrogen and oxygen atoms in total. The van der Waals surface area contributed by atoms with Crippen molar-refractivity contribution >= 4 is 16.8 Å². The van der Waals surface area contributed by atoms with Gasteiger partial charge in [-0.25, -0.2) is 0 Å². The van der Waals surface area contributed by atoms with Crippen molar-refractivity contribution in [3.63, 3.8) is 0 Å². The summed E-state index contributed by atoms with van der Waals surface area (Å²) in [6.07, 6.45) is 3.87. The minimum Gasteiger partial charge on any atom is -0.335 e. The second-order valence-corrected chi connectivity index (χ2v) is 7.24. The molecule has 0 aliphatic heterocycles. The van der Waals surface area contributed by atoms with Gasteiger partial charge in [-0.1, -0.05) is 42.0 Å². The Morgan fingerprint density at radius 2 is 2.00 bits per heavy atom. The Morgan fingerprint density at radius 3 is 2.78 bits per heavy atom. The molecular weight excluding hydrogens is 338 g/mol. The molecule has 0 atom stereocenters. The third kappa shape index (κ3) is 3.92. The molecule has 27 heavy (non-hydrogen) atoms. The molecule has 0 unspecified atom stereocenters. The lowest BCUT2D eigenvalue weighted by molar-refractivity contribution is -0.132. The van der Waals surface area contributed by atoms with Gasteiger partial charge >= 0.3 is 0 Å².